The van der Waals surface area contributed by atoms with Crippen molar-refractivity contribution < 1.29 is 13.2 Å². The zero-order valence-corrected chi connectivity index (χ0v) is 12.6. The highest BCUT2D eigenvalue weighted by Crippen LogP contribution is 2.25. The topological polar surface area (TPSA) is 55.4 Å². The molecule has 0 saturated heterocycles. The first-order chi connectivity index (χ1) is 8.39. The van der Waals surface area contributed by atoms with Crippen molar-refractivity contribution in [3.8, 4) is 0 Å². The minimum absolute atomic E-state index is 0.137. The number of nitrogens with one attached hydrogen (secondary N) is 1. The van der Waals surface area contributed by atoms with Crippen LogP contribution in [0.2, 0.25) is 0 Å². The number of sulfone groups is 1. The quantitative estimate of drug-likeness (QED) is 0.720. The maximum atomic E-state index is 11.5. The Morgan fingerprint density at radius 3 is 2.67 bits per heavy atom. The summed E-state index contributed by atoms with van der Waals surface area (Å²) in [7, 11) is -2.90. The summed E-state index contributed by atoms with van der Waals surface area (Å²) < 4.78 is 28.8. The molecule has 1 aliphatic rings. The van der Waals surface area contributed by atoms with Crippen LogP contribution in [0.5, 0.6) is 0 Å². The van der Waals surface area contributed by atoms with E-state index >= 15 is 0 Å². The average molecular weight is 277 g/mol. The smallest absolute Gasteiger partial charge is 0.150 e. The average Bonchev–Trinajstić information content (AvgIpc) is 2.27. The molecule has 1 rings (SSSR count). The van der Waals surface area contributed by atoms with Crippen LogP contribution < -0.4 is 5.32 Å². The molecule has 0 aliphatic heterocycles. The summed E-state index contributed by atoms with van der Waals surface area (Å²) in [4.78, 5) is 0. The maximum absolute atomic E-state index is 11.5. The van der Waals surface area contributed by atoms with Gasteiger partial charge < -0.3 is 10.1 Å². The number of hydrogen-bond acceptors (Lipinski definition) is 4. The molecule has 0 heterocycles. The summed E-state index contributed by atoms with van der Waals surface area (Å²) in [5.41, 5.74) is 0. The summed E-state index contributed by atoms with van der Waals surface area (Å²) in [5, 5.41) is 3.15. The highest BCUT2D eigenvalue weighted by atomic mass is 32.2. The summed E-state index contributed by atoms with van der Waals surface area (Å²) in [6.07, 6.45) is 5.91. The normalized spacial score (nSPS) is 25.6. The van der Waals surface area contributed by atoms with E-state index in [0.29, 0.717) is 12.5 Å². The molecule has 2 unspecified atom stereocenters. The molecule has 0 spiro atoms. The van der Waals surface area contributed by atoms with Crippen molar-refractivity contribution in [1.82, 2.24) is 5.32 Å². The van der Waals surface area contributed by atoms with Gasteiger partial charge in [0.05, 0.1) is 11.4 Å². The highest BCUT2D eigenvalue weighted by Gasteiger charge is 2.29. The van der Waals surface area contributed by atoms with Crippen molar-refractivity contribution in [2.75, 3.05) is 19.4 Å². The summed E-state index contributed by atoms with van der Waals surface area (Å²) in [5.74, 6) is 0. The predicted molar refractivity (Wildman–Crippen MR) is 74.6 cm³/mol. The van der Waals surface area contributed by atoms with Crippen molar-refractivity contribution in [1.29, 1.82) is 0 Å². The van der Waals surface area contributed by atoms with E-state index in [1.165, 1.54) is 6.26 Å². The zero-order valence-electron chi connectivity index (χ0n) is 11.8. The molecule has 1 fully saturated rings. The minimum Gasteiger partial charge on any atom is -0.378 e. The predicted octanol–water partition coefficient (Wildman–Crippen LogP) is 1.75. The van der Waals surface area contributed by atoms with Gasteiger partial charge in [-0.25, -0.2) is 8.42 Å². The molecule has 1 aliphatic carbocycles. The van der Waals surface area contributed by atoms with Gasteiger partial charge in [-0.2, -0.15) is 0 Å². The third-order valence-electron chi connectivity index (χ3n) is 3.41. The van der Waals surface area contributed by atoms with E-state index in [-0.39, 0.29) is 11.4 Å². The van der Waals surface area contributed by atoms with Crippen LogP contribution >= 0.6 is 0 Å². The van der Waals surface area contributed by atoms with Crippen molar-refractivity contribution in [3.63, 3.8) is 0 Å². The fraction of sp³-hybridized carbons (Fsp3) is 1.00. The van der Waals surface area contributed by atoms with Crippen LogP contribution in [0.15, 0.2) is 0 Å². The Morgan fingerprint density at radius 1 is 1.33 bits per heavy atom. The number of rotatable bonds is 7. The molecule has 0 amide bonds. The van der Waals surface area contributed by atoms with Crippen molar-refractivity contribution in [2.24, 2.45) is 0 Å². The van der Waals surface area contributed by atoms with E-state index < -0.39 is 9.84 Å². The largest absolute Gasteiger partial charge is 0.378 e. The third-order valence-corrected chi connectivity index (χ3v) is 5.05. The van der Waals surface area contributed by atoms with Crippen molar-refractivity contribution >= 4 is 9.84 Å². The van der Waals surface area contributed by atoms with Crippen LogP contribution in [-0.4, -0.2) is 45.2 Å². The van der Waals surface area contributed by atoms with Crippen LogP contribution in [0.1, 0.15) is 46.0 Å². The highest BCUT2D eigenvalue weighted by molar-refractivity contribution is 7.91. The second-order valence-corrected chi connectivity index (χ2v) is 7.90. The zero-order chi connectivity index (χ0) is 13.6. The fourth-order valence-corrected chi connectivity index (χ4v) is 3.51. The van der Waals surface area contributed by atoms with Crippen molar-refractivity contribution in [3.05, 3.63) is 0 Å². The van der Waals surface area contributed by atoms with Crippen LogP contribution in [0.4, 0.5) is 0 Å². The molecular formula is C13H27NO3S. The number of ether oxygens (including phenoxy) is 1. The van der Waals surface area contributed by atoms with Crippen LogP contribution in [0.3, 0.4) is 0 Å². The lowest BCUT2D eigenvalue weighted by Gasteiger charge is -2.28. The molecule has 1 saturated carbocycles. The lowest BCUT2D eigenvalue weighted by atomic mass is 9.97. The van der Waals surface area contributed by atoms with Gasteiger partial charge in [0, 0.05) is 18.9 Å². The Kier molecular flexibility index (Phi) is 6.60. The van der Waals surface area contributed by atoms with E-state index in [4.69, 9.17) is 4.74 Å². The first-order valence-corrected chi connectivity index (χ1v) is 8.89. The first-order valence-electron chi connectivity index (χ1n) is 6.93. The van der Waals surface area contributed by atoms with Crippen LogP contribution in [0.25, 0.3) is 0 Å². The van der Waals surface area contributed by atoms with E-state index in [1.807, 2.05) is 0 Å². The summed E-state index contributed by atoms with van der Waals surface area (Å²) >= 11 is 0. The Bertz CT molecular complexity index is 327. The molecule has 1 N–H and O–H groups in total. The second-order valence-electron chi connectivity index (χ2n) is 5.57. The third kappa shape index (κ3) is 6.16. The molecule has 2 atom stereocenters. The molecule has 0 aromatic rings. The van der Waals surface area contributed by atoms with Gasteiger partial charge in [0.25, 0.3) is 0 Å². The van der Waals surface area contributed by atoms with Gasteiger partial charge in [-0.05, 0) is 38.6 Å². The van der Waals surface area contributed by atoms with Gasteiger partial charge in [0.2, 0.25) is 0 Å². The molecule has 0 aromatic carbocycles. The Hall–Kier alpha value is -0.130. The van der Waals surface area contributed by atoms with Gasteiger partial charge in [-0.1, -0.05) is 13.8 Å². The van der Waals surface area contributed by atoms with Gasteiger partial charge in [0.15, 0.2) is 0 Å². The SMILES string of the molecule is CC(C)NCCCOC1CCCC(S(C)(=O)=O)C1. The Labute approximate surface area is 111 Å². The lowest BCUT2D eigenvalue weighted by Crippen LogP contribution is -2.32. The molecule has 0 radical (unpaired) electrons. The Balaban J connectivity index is 2.19. The molecular weight excluding hydrogens is 250 g/mol. The monoisotopic (exact) mass is 277 g/mol. The first kappa shape index (κ1) is 15.9. The van der Waals surface area contributed by atoms with Gasteiger partial charge in [0.1, 0.15) is 9.84 Å². The molecule has 4 nitrogen and oxygen atoms in total. The van der Waals surface area contributed by atoms with E-state index in [9.17, 15) is 8.42 Å². The van der Waals surface area contributed by atoms with Crippen LogP contribution in [0, 0.1) is 0 Å². The molecule has 5 heteroatoms. The molecule has 0 bridgehead atoms. The summed E-state index contributed by atoms with van der Waals surface area (Å²) in [6, 6.07) is 0.509. The lowest BCUT2D eigenvalue weighted by molar-refractivity contribution is 0.0281. The van der Waals surface area contributed by atoms with Gasteiger partial charge >= 0.3 is 0 Å². The maximum Gasteiger partial charge on any atom is 0.150 e. The minimum atomic E-state index is -2.90. The standard InChI is InChI=1S/C13H27NO3S/c1-11(2)14-8-5-9-17-12-6-4-7-13(10-12)18(3,15)16/h11-14H,4-10H2,1-3H3. The van der Waals surface area contributed by atoms with Crippen molar-refractivity contribution in [2.45, 2.75) is 63.3 Å². The Morgan fingerprint density at radius 2 is 2.06 bits per heavy atom. The van der Waals surface area contributed by atoms with E-state index in [2.05, 4.69) is 19.2 Å². The van der Waals surface area contributed by atoms with Crippen LogP contribution in [-0.2, 0) is 14.6 Å². The molecule has 0 aromatic heterocycles. The molecule has 108 valence electrons. The van der Waals surface area contributed by atoms with E-state index in [1.54, 1.807) is 0 Å². The number of hydrogen-bond donors (Lipinski definition) is 1. The second kappa shape index (κ2) is 7.46. The fourth-order valence-electron chi connectivity index (χ4n) is 2.36. The van der Waals surface area contributed by atoms with Gasteiger partial charge in [-0.15, -0.1) is 0 Å². The van der Waals surface area contributed by atoms with E-state index in [0.717, 1.165) is 38.8 Å². The molecule has 18 heavy (non-hydrogen) atoms. The summed E-state index contributed by atoms with van der Waals surface area (Å²) in [6.45, 7) is 5.93. The van der Waals surface area contributed by atoms with Gasteiger partial charge in [-0.3, -0.25) is 0 Å².